The molecule has 0 spiro atoms. The molecule has 0 bridgehead atoms. The Balaban J connectivity index is 1.27. The average molecular weight is 390 g/mol. The largest absolute Gasteiger partial charge is 0.455 e. The molecule has 1 saturated carbocycles. The molecule has 2 heterocycles. The molecular formula is C19H20ClN3O4. The summed E-state index contributed by atoms with van der Waals surface area (Å²) in [5.74, 6) is 0.488. The van der Waals surface area contributed by atoms with Gasteiger partial charge in [-0.15, -0.1) is 10.2 Å². The van der Waals surface area contributed by atoms with Gasteiger partial charge in [0, 0.05) is 19.0 Å². The summed E-state index contributed by atoms with van der Waals surface area (Å²) in [6.07, 6.45) is 3.26. The van der Waals surface area contributed by atoms with E-state index in [1.165, 1.54) is 0 Å². The van der Waals surface area contributed by atoms with Crippen molar-refractivity contribution in [2.75, 3.05) is 13.1 Å². The highest BCUT2D eigenvalue weighted by molar-refractivity contribution is 6.33. The predicted octanol–water partition coefficient (Wildman–Crippen LogP) is 3.08. The number of piperidine rings is 1. The Morgan fingerprint density at radius 3 is 2.56 bits per heavy atom. The van der Waals surface area contributed by atoms with Gasteiger partial charge in [0.2, 0.25) is 11.8 Å². The van der Waals surface area contributed by atoms with E-state index in [1.807, 2.05) is 17.0 Å². The zero-order valence-corrected chi connectivity index (χ0v) is 15.5. The van der Waals surface area contributed by atoms with Crippen molar-refractivity contribution >= 4 is 23.5 Å². The topological polar surface area (TPSA) is 85.5 Å². The minimum atomic E-state index is -0.286. The van der Waals surface area contributed by atoms with Crippen molar-refractivity contribution in [3.05, 3.63) is 35.2 Å². The number of halogens is 1. The van der Waals surface area contributed by atoms with Crippen LogP contribution in [-0.2, 0) is 20.9 Å². The second-order valence-corrected chi connectivity index (χ2v) is 7.37. The van der Waals surface area contributed by atoms with Crippen molar-refractivity contribution in [3.63, 3.8) is 0 Å². The Bertz CT molecular complexity index is 841. The summed E-state index contributed by atoms with van der Waals surface area (Å²) < 4.78 is 10.9. The summed E-state index contributed by atoms with van der Waals surface area (Å²) >= 11 is 6.11. The summed E-state index contributed by atoms with van der Waals surface area (Å²) in [4.78, 5) is 26.2. The van der Waals surface area contributed by atoms with Gasteiger partial charge in [-0.05, 0) is 37.8 Å². The Morgan fingerprint density at radius 2 is 1.85 bits per heavy atom. The lowest BCUT2D eigenvalue weighted by Crippen LogP contribution is -2.41. The molecule has 1 saturated heterocycles. The maximum Gasteiger partial charge on any atom is 0.309 e. The van der Waals surface area contributed by atoms with Gasteiger partial charge in [0.05, 0.1) is 16.5 Å². The summed E-state index contributed by atoms with van der Waals surface area (Å²) in [6.45, 7) is 1.16. The molecule has 8 heteroatoms. The average Bonchev–Trinajstić information content (AvgIpc) is 3.44. The Hall–Kier alpha value is -2.41. The van der Waals surface area contributed by atoms with E-state index >= 15 is 0 Å². The highest BCUT2D eigenvalue weighted by Gasteiger charge is 2.36. The molecule has 1 aromatic heterocycles. The summed E-state index contributed by atoms with van der Waals surface area (Å²) in [7, 11) is 0. The lowest BCUT2D eigenvalue weighted by atomic mass is 9.97. The predicted molar refractivity (Wildman–Crippen MR) is 96.6 cm³/mol. The molecule has 1 aliphatic carbocycles. The van der Waals surface area contributed by atoms with Gasteiger partial charge >= 0.3 is 5.97 Å². The molecule has 0 N–H and O–H groups in total. The van der Waals surface area contributed by atoms with Crippen molar-refractivity contribution < 1.29 is 18.7 Å². The van der Waals surface area contributed by atoms with Crippen molar-refractivity contribution in [2.45, 2.75) is 32.3 Å². The van der Waals surface area contributed by atoms with Crippen LogP contribution in [0.2, 0.25) is 5.02 Å². The highest BCUT2D eigenvalue weighted by Crippen LogP contribution is 2.32. The number of hydrogen-bond acceptors (Lipinski definition) is 6. The molecule has 2 aromatic rings. The van der Waals surface area contributed by atoms with Gasteiger partial charge in [-0.3, -0.25) is 9.59 Å². The molecule has 142 valence electrons. The van der Waals surface area contributed by atoms with Crippen LogP contribution >= 0.6 is 11.6 Å². The molecule has 7 nitrogen and oxygen atoms in total. The number of esters is 1. The Morgan fingerprint density at radius 1 is 1.11 bits per heavy atom. The van der Waals surface area contributed by atoms with Crippen LogP contribution in [0.15, 0.2) is 28.7 Å². The molecule has 0 atom stereocenters. The first kappa shape index (κ1) is 18.0. The van der Waals surface area contributed by atoms with E-state index in [-0.39, 0.29) is 36.2 Å². The van der Waals surface area contributed by atoms with Gasteiger partial charge in [0.15, 0.2) is 6.61 Å². The maximum absolute atomic E-state index is 12.3. The van der Waals surface area contributed by atoms with Crippen LogP contribution in [-0.4, -0.2) is 40.1 Å². The van der Waals surface area contributed by atoms with E-state index in [1.54, 1.807) is 12.1 Å². The monoisotopic (exact) mass is 389 g/mol. The van der Waals surface area contributed by atoms with Gasteiger partial charge in [-0.2, -0.15) is 0 Å². The summed E-state index contributed by atoms with van der Waals surface area (Å²) in [5, 5.41) is 8.37. The van der Waals surface area contributed by atoms with Crippen LogP contribution in [0.5, 0.6) is 0 Å². The van der Waals surface area contributed by atoms with Gasteiger partial charge in [-0.1, -0.05) is 23.7 Å². The number of nitrogens with zero attached hydrogens (tertiary/aromatic N) is 3. The molecule has 1 aliphatic heterocycles. The van der Waals surface area contributed by atoms with Crippen molar-refractivity contribution in [1.82, 2.24) is 15.1 Å². The molecule has 1 amide bonds. The fourth-order valence-electron chi connectivity index (χ4n) is 3.23. The summed E-state index contributed by atoms with van der Waals surface area (Å²) in [5.41, 5.74) is 0.636. The van der Waals surface area contributed by atoms with Gasteiger partial charge < -0.3 is 14.1 Å². The lowest BCUT2D eigenvalue weighted by molar-refractivity contribution is -0.153. The number of likely N-dealkylation sites (tertiary alicyclic amines) is 1. The molecule has 0 unspecified atom stereocenters. The van der Waals surface area contributed by atoms with Crippen LogP contribution < -0.4 is 0 Å². The Kier molecular flexibility index (Phi) is 5.11. The van der Waals surface area contributed by atoms with Crippen molar-refractivity contribution in [3.8, 4) is 11.5 Å². The zero-order valence-electron chi connectivity index (χ0n) is 14.8. The number of aromatic nitrogens is 2. The van der Waals surface area contributed by atoms with Crippen LogP contribution in [0.1, 0.15) is 31.6 Å². The molecule has 2 aliphatic rings. The van der Waals surface area contributed by atoms with Crippen molar-refractivity contribution in [1.29, 1.82) is 0 Å². The maximum atomic E-state index is 12.3. The van der Waals surface area contributed by atoms with E-state index in [9.17, 15) is 9.59 Å². The normalized spacial score (nSPS) is 17.7. The zero-order chi connectivity index (χ0) is 18.8. The third kappa shape index (κ3) is 4.13. The number of carbonyl (C=O) groups is 2. The molecule has 0 radical (unpaired) electrons. The van der Waals surface area contributed by atoms with E-state index in [2.05, 4.69) is 10.2 Å². The van der Waals surface area contributed by atoms with E-state index in [0.29, 0.717) is 42.4 Å². The second kappa shape index (κ2) is 7.68. The van der Waals surface area contributed by atoms with E-state index in [0.717, 1.165) is 12.8 Å². The van der Waals surface area contributed by atoms with Crippen LogP contribution in [0.3, 0.4) is 0 Å². The van der Waals surface area contributed by atoms with Crippen LogP contribution in [0.4, 0.5) is 0 Å². The van der Waals surface area contributed by atoms with Gasteiger partial charge in [-0.25, -0.2) is 0 Å². The SMILES string of the molecule is O=C(OCc1nnc(-c2ccccc2Cl)o1)C1CCN(C(=O)C2CC2)CC1. The second-order valence-electron chi connectivity index (χ2n) is 6.96. The minimum Gasteiger partial charge on any atom is -0.455 e. The first-order chi connectivity index (χ1) is 13.1. The number of carbonyl (C=O) groups excluding carboxylic acids is 2. The standard InChI is InChI=1S/C19H20ClN3O4/c20-15-4-2-1-3-14(15)17-22-21-16(27-17)11-26-19(25)13-7-9-23(10-8-13)18(24)12-5-6-12/h1-4,12-13H,5-11H2. The quantitative estimate of drug-likeness (QED) is 0.730. The van der Waals surface area contributed by atoms with Crippen LogP contribution in [0.25, 0.3) is 11.5 Å². The summed E-state index contributed by atoms with van der Waals surface area (Å²) in [6, 6.07) is 7.16. The molecule has 1 aromatic carbocycles. The number of benzene rings is 1. The number of amides is 1. The third-order valence-electron chi connectivity index (χ3n) is 4.98. The minimum absolute atomic E-state index is 0.0719. The van der Waals surface area contributed by atoms with Gasteiger partial charge in [0.25, 0.3) is 5.89 Å². The lowest BCUT2D eigenvalue weighted by Gasteiger charge is -2.30. The Labute approximate surface area is 161 Å². The first-order valence-corrected chi connectivity index (χ1v) is 9.52. The third-order valence-corrected chi connectivity index (χ3v) is 5.31. The smallest absolute Gasteiger partial charge is 0.309 e. The van der Waals surface area contributed by atoms with Gasteiger partial charge in [0.1, 0.15) is 0 Å². The number of ether oxygens (including phenoxy) is 1. The molecule has 4 rings (SSSR count). The van der Waals surface area contributed by atoms with E-state index < -0.39 is 0 Å². The first-order valence-electron chi connectivity index (χ1n) is 9.14. The number of hydrogen-bond donors (Lipinski definition) is 0. The molecular weight excluding hydrogens is 370 g/mol. The fraction of sp³-hybridized carbons (Fsp3) is 0.474. The molecule has 27 heavy (non-hydrogen) atoms. The van der Waals surface area contributed by atoms with Crippen LogP contribution in [0, 0.1) is 11.8 Å². The fourth-order valence-corrected chi connectivity index (χ4v) is 3.45. The highest BCUT2D eigenvalue weighted by atomic mass is 35.5. The van der Waals surface area contributed by atoms with E-state index in [4.69, 9.17) is 20.8 Å². The number of rotatable bonds is 5. The molecule has 2 fully saturated rings. The van der Waals surface area contributed by atoms with Crippen molar-refractivity contribution in [2.24, 2.45) is 11.8 Å².